The molecule has 22 heavy (non-hydrogen) atoms. The number of methoxy groups -OCH3 is 1. The Labute approximate surface area is 135 Å². The van der Waals surface area contributed by atoms with Crippen LogP contribution in [0.5, 0.6) is 5.75 Å². The minimum Gasteiger partial charge on any atom is -0.497 e. The number of hydrogen-bond donors (Lipinski definition) is 1. The van der Waals surface area contributed by atoms with Crippen molar-refractivity contribution in [3.8, 4) is 5.75 Å². The minimum atomic E-state index is -0.0518. The molecule has 0 aliphatic carbocycles. The molecule has 0 atom stereocenters. The van der Waals surface area contributed by atoms with Gasteiger partial charge in [0.2, 0.25) is 0 Å². The van der Waals surface area contributed by atoms with E-state index in [9.17, 15) is 4.79 Å². The first kappa shape index (κ1) is 16.1. The zero-order valence-corrected chi connectivity index (χ0v) is 13.6. The van der Waals surface area contributed by atoms with Crippen LogP contribution in [0.3, 0.4) is 0 Å². The zero-order chi connectivity index (χ0) is 16.1. The monoisotopic (exact) mass is 315 g/mol. The van der Waals surface area contributed by atoms with E-state index in [4.69, 9.17) is 16.3 Å². The molecule has 0 unspecified atom stereocenters. The van der Waals surface area contributed by atoms with E-state index in [1.807, 2.05) is 32.0 Å². The summed E-state index contributed by atoms with van der Waals surface area (Å²) >= 11 is 6.09. The quantitative estimate of drug-likeness (QED) is 0.637. The average Bonchev–Trinajstić information content (AvgIpc) is 2.49. The van der Waals surface area contributed by atoms with Crippen molar-refractivity contribution in [2.45, 2.75) is 13.8 Å². The Morgan fingerprint density at radius 1 is 1.18 bits per heavy atom. The summed E-state index contributed by atoms with van der Waals surface area (Å²) in [5.74, 6) is 0.644. The highest BCUT2D eigenvalue weighted by atomic mass is 35.5. The van der Waals surface area contributed by atoms with Crippen molar-refractivity contribution >= 4 is 23.1 Å². The second-order valence-electron chi connectivity index (χ2n) is 5.01. The normalized spacial score (nSPS) is 10.7. The van der Waals surface area contributed by atoms with Gasteiger partial charge in [-0.1, -0.05) is 35.4 Å². The fourth-order valence-corrected chi connectivity index (χ4v) is 2.30. The van der Waals surface area contributed by atoms with Crippen molar-refractivity contribution in [1.82, 2.24) is 0 Å². The number of carbonyl (C=O) groups is 1. The lowest BCUT2D eigenvalue weighted by atomic mass is 10.0. The van der Waals surface area contributed by atoms with Gasteiger partial charge in [-0.25, -0.2) is 0 Å². The Morgan fingerprint density at radius 3 is 2.64 bits per heavy atom. The predicted molar refractivity (Wildman–Crippen MR) is 91.0 cm³/mol. The number of hydrogen-bond acceptors (Lipinski definition) is 3. The highest BCUT2D eigenvalue weighted by Crippen LogP contribution is 2.26. The molecule has 0 heterocycles. The van der Waals surface area contributed by atoms with Gasteiger partial charge in [0.05, 0.1) is 17.8 Å². The average molecular weight is 316 g/mol. The van der Waals surface area contributed by atoms with Crippen molar-refractivity contribution in [3.05, 3.63) is 70.4 Å². The van der Waals surface area contributed by atoms with Crippen LogP contribution in [0.1, 0.15) is 21.5 Å². The summed E-state index contributed by atoms with van der Waals surface area (Å²) in [6, 6.07) is 11.1. The molecule has 0 spiro atoms. The predicted octanol–water partition coefficient (Wildman–Crippen LogP) is 4.77. The molecule has 114 valence electrons. The maximum atomic E-state index is 12.2. The van der Waals surface area contributed by atoms with Gasteiger partial charge in [0.15, 0.2) is 5.78 Å². The molecule has 0 aliphatic heterocycles. The van der Waals surface area contributed by atoms with Gasteiger partial charge in [-0.05, 0) is 31.5 Å². The molecule has 0 aliphatic rings. The molecule has 0 saturated carbocycles. The third-order valence-corrected chi connectivity index (χ3v) is 3.62. The fraction of sp³-hybridized carbons (Fsp3) is 0.167. The van der Waals surface area contributed by atoms with Crippen molar-refractivity contribution in [3.63, 3.8) is 0 Å². The van der Waals surface area contributed by atoms with Crippen LogP contribution in [-0.2, 0) is 0 Å². The Bertz CT molecular complexity index is 723. The van der Waals surface area contributed by atoms with Crippen LogP contribution in [0.4, 0.5) is 5.69 Å². The lowest BCUT2D eigenvalue weighted by Gasteiger charge is -2.07. The number of ether oxygens (including phenoxy) is 1. The number of ketones is 1. The summed E-state index contributed by atoms with van der Waals surface area (Å²) in [6.45, 7) is 3.93. The second kappa shape index (κ2) is 7.14. The van der Waals surface area contributed by atoms with Gasteiger partial charge in [0, 0.05) is 23.9 Å². The van der Waals surface area contributed by atoms with Crippen LogP contribution in [0.25, 0.3) is 0 Å². The van der Waals surface area contributed by atoms with Gasteiger partial charge in [-0.3, -0.25) is 4.79 Å². The topological polar surface area (TPSA) is 38.3 Å². The number of allylic oxidation sites excluding steroid dienone is 1. The lowest BCUT2D eigenvalue weighted by Crippen LogP contribution is -1.99. The van der Waals surface area contributed by atoms with Gasteiger partial charge < -0.3 is 10.1 Å². The maximum Gasteiger partial charge on any atom is 0.187 e. The molecular formula is C18H18ClNO2. The summed E-state index contributed by atoms with van der Waals surface area (Å²) in [4.78, 5) is 12.2. The first-order chi connectivity index (χ1) is 10.5. The van der Waals surface area contributed by atoms with E-state index < -0.39 is 0 Å². The molecule has 0 radical (unpaired) electrons. The number of nitrogens with one attached hydrogen (secondary N) is 1. The largest absolute Gasteiger partial charge is 0.497 e. The Kier molecular flexibility index (Phi) is 5.23. The second-order valence-corrected chi connectivity index (χ2v) is 5.41. The molecule has 2 rings (SSSR count). The first-order valence-electron chi connectivity index (χ1n) is 6.89. The molecule has 0 amide bonds. The zero-order valence-electron chi connectivity index (χ0n) is 12.8. The maximum absolute atomic E-state index is 12.2. The first-order valence-corrected chi connectivity index (χ1v) is 7.27. The van der Waals surface area contributed by atoms with E-state index in [2.05, 4.69) is 5.32 Å². The van der Waals surface area contributed by atoms with Crippen molar-refractivity contribution < 1.29 is 9.53 Å². The minimum absolute atomic E-state index is 0.0518. The molecule has 0 fully saturated rings. The van der Waals surface area contributed by atoms with Crippen LogP contribution < -0.4 is 10.1 Å². The summed E-state index contributed by atoms with van der Waals surface area (Å²) < 4.78 is 5.14. The van der Waals surface area contributed by atoms with Crippen LogP contribution >= 0.6 is 11.6 Å². The molecule has 2 aromatic rings. The van der Waals surface area contributed by atoms with Gasteiger partial charge in [-0.15, -0.1) is 0 Å². The number of aryl methyl sites for hydroxylation is 2. The van der Waals surface area contributed by atoms with Gasteiger partial charge in [0.25, 0.3) is 0 Å². The third kappa shape index (κ3) is 3.89. The van der Waals surface area contributed by atoms with E-state index in [0.717, 1.165) is 11.1 Å². The standard InChI is InChI=1S/C18H18ClNO2/c1-12-4-6-15(13(2)10-12)18(21)8-9-20-17-11-14(22-3)5-7-16(17)19/h4-11,20H,1-3H3. The third-order valence-electron chi connectivity index (χ3n) is 3.29. The van der Waals surface area contributed by atoms with Crippen LogP contribution in [0.2, 0.25) is 5.02 Å². The molecule has 0 bridgehead atoms. The van der Waals surface area contributed by atoms with Crippen LogP contribution in [0, 0.1) is 13.8 Å². The molecule has 0 aromatic heterocycles. The van der Waals surface area contributed by atoms with Crippen LogP contribution in [0.15, 0.2) is 48.7 Å². The van der Waals surface area contributed by atoms with E-state index in [1.54, 1.807) is 31.5 Å². The SMILES string of the molecule is COc1ccc(Cl)c(NC=CC(=O)c2ccc(C)cc2C)c1. The van der Waals surface area contributed by atoms with E-state index >= 15 is 0 Å². The Hall–Kier alpha value is -2.26. The molecular weight excluding hydrogens is 298 g/mol. The van der Waals surface area contributed by atoms with E-state index in [-0.39, 0.29) is 5.78 Å². The van der Waals surface area contributed by atoms with Gasteiger partial charge >= 0.3 is 0 Å². The van der Waals surface area contributed by atoms with Crippen molar-refractivity contribution in [2.24, 2.45) is 0 Å². The molecule has 0 saturated heterocycles. The van der Waals surface area contributed by atoms with Crippen molar-refractivity contribution in [2.75, 3.05) is 12.4 Å². The fourth-order valence-electron chi connectivity index (χ4n) is 2.13. The smallest absolute Gasteiger partial charge is 0.187 e. The number of anilines is 1. The summed E-state index contributed by atoms with van der Waals surface area (Å²) in [7, 11) is 1.59. The Balaban J connectivity index is 2.10. The van der Waals surface area contributed by atoms with Crippen LogP contribution in [-0.4, -0.2) is 12.9 Å². The number of halogens is 1. The molecule has 1 N–H and O–H groups in total. The summed E-state index contributed by atoms with van der Waals surface area (Å²) in [5.41, 5.74) is 3.49. The molecule has 2 aromatic carbocycles. The van der Waals surface area contributed by atoms with Crippen molar-refractivity contribution in [1.29, 1.82) is 0 Å². The molecule has 4 heteroatoms. The number of carbonyl (C=O) groups excluding carboxylic acids is 1. The highest BCUT2D eigenvalue weighted by Gasteiger charge is 2.06. The van der Waals surface area contributed by atoms with E-state index in [1.165, 1.54) is 6.08 Å². The summed E-state index contributed by atoms with van der Waals surface area (Å²) in [5, 5.41) is 3.57. The molecule has 3 nitrogen and oxygen atoms in total. The highest BCUT2D eigenvalue weighted by molar-refractivity contribution is 6.33. The lowest BCUT2D eigenvalue weighted by molar-refractivity contribution is 0.104. The summed E-state index contributed by atoms with van der Waals surface area (Å²) in [6.07, 6.45) is 3.08. The van der Waals surface area contributed by atoms with Gasteiger partial charge in [0.1, 0.15) is 5.75 Å². The Morgan fingerprint density at radius 2 is 1.95 bits per heavy atom. The van der Waals surface area contributed by atoms with Gasteiger partial charge in [-0.2, -0.15) is 0 Å². The number of rotatable bonds is 5. The number of benzene rings is 2. The van der Waals surface area contributed by atoms with E-state index in [0.29, 0.717) is 22.0 Å².